The molecule has 29 heavy (non-hydrogen) atoms. The van der Waals surface area contributed by atoms with E-state index in [9.17, 15) is 18.8 Å². The largest absolute Gasteiger partial charge is 0.354 e. The highest BCUT2D eigenvalue weighted by Crippen LogP contribution is 2.38. The third kappa shape index (κ3) is 6.14. The fraction of sp³-hybridized carbons (Fsp3) is 0.318. The molecular formula is C22H24FN3O3. The molecule has 0 heterocycles. The van der Waals surface area contributed by atoms with Crippen molar-refractivity contribution in [2.45, 2.75) is 19.8 Å². The summed E-state index contributed by atoms with van der Waals surface area (Å²) in [5.74, 6) is -0.245. The SMILES string of the molecule is CC1CC1C(=O)Nc1ccc(C(=O)NCCNC(=O)Cc2ccc(F)cc2)cc1. The fourth-order valence-electron chi connectivity index (χ4n) is 2.96. The van der Waals surface area contributed by atoms with Crippen LogP contribution in [0.1, 0.15) is 29.3 Å². The van der Waals surface area contributed by atoms with Gasteiger partial charge in [-0.3, -0.25) is 14.4 Å². The van der Waals surface area contributed by atoms with E-state index in [4.69, 9.17) is 0 Å². The molecule has 7 heteroatoms. The summed E-state index contributed by atoms with van der Waals surface area (Å²) in [6.07, 6.45) is 1.08. The van der Waals surface area contributed by atoms with Crippen molar-refractivity contribution >= 4 is 23.4 Å². The second kappa shape index (κ2) is 9.32. The van der Waals surface area contributed by atoms with Crippen LogP contribution in [-0.2, 0) is 16.0 Å². The third-order valence-electron chi connectivity index (χ3n) is 4.87. The molecule has 1 aliphatic carbocycles. The van der Waals surface area contributed by atoms with E-state index in [0.29, 0.717) is 23.7 Å². The molecular weight excluding hydrogens is 373 g/mol. The Bertz CT molecular complexity index is 881. The van der Waals surface area contributed by atoms with E-state index in [1.807, 2.05) is 6.92 Å². The lowest BCUT2D eigenvalue weighted by Crippen LogP contribution is -2.35. The zero-order valence-corrected chi connectivity index (χ0v) is 16.2. The van der Waals surface area contributed by atoms with Crippen LogP contribution in [0.25, 0.3) is 0 Å². The molecule has 3 rings (SSSR count). The lowest BCUT2D eigenvalue weighted by Gasteiger charge is -2.09. The molecule has 0 aliphatic heterocycles. The Morgan fingerprint density at radius 3 is 2.21 bits per heavy atom. The molecule has 0 saturated heterocycles. The van der Waals surface area contributed by atoms with Crippen LogP contribution in [-0.4, -0.2) is 30.8 Å². The number of rotatable bonds is 8. The van der Waals surface area contributed by atoms with Crippen LogP contribution in [0.2, 0.25) is 0 Å². The van der Waals surface area contributed by atoms with Crippen LogP contribution in [0, 0.1) is 17.7 Å². The zero-order chi connectivity index (χ0) is 20.8. The van der Waals surface area contributed by atoms with E-state index in [-0.39, 0.29) is 42.4 Å². The van der Waals surface area contributed by atoms with E-state index in [2.05, 4.69) is 16.0 Å². The van der Waals surface area contributed by atoms with E-state index < -0.39 is 0 Å². The standard InChI is InChI=1S/C22H24FN3O3/c1-14-12-19(14)22(29)26-18-8-4-16(5-9-18)21(28)25-11-10-24-20(27)13-15-2-6-17(23)7-3-15/h2-9,14,19H,10-13H2,1H3,(H,24,27)(H,25,28)(H,26,29). The molecule has 152 valence electrons. The number of hydrogen-bond acceptors (Lipinski definition) is 3. The van der Waals surface area contributed by atoms with Crippen LogP contribution in [0.4, 0.5) is 10.1 Å². The van der Waals surface area contributed by atoms with Gasteiger partial charge in [0.05, 0.1) is 6.42 Å². The van der Waals surface area contributed by atoms with Gasteiger partial charge in [-0.05, 0) is 54.3 Å². The number of nitrogens with one attached hydrogen (secondary N) is 3. The number of hydrogen-bond donors (Lipinski definition) is 3. The van der Waals surface area contributed by atoms with Crippen molar-refractivity contribution in [2.24, 2.45) is 11.8 Å². The minimum Gasteiger partial charge on any atom is -0.354 e. The van der Waals surface area contributed by atoms with Crippen LogP contribution in [0.5, 0.6) is 0 Å². The molecule has 3 amide bonds. The van der Waals surface area contributed by atoms with Gasteiger partial charge in [-0.25, -0.2) is 4.39 Å². The number of amides is 3. The summed E-state index contributed by atoms with van der Waals surface area (Å²) < 4.78 is 12.9. The summed E-state index contributed by atoms with van der Waals surface area (Å²) >= 11 is 0. The van der Waals surface area contributed by atoms with Crippen LogP contribution < -0.4 is 16.0 Å². The number of carbonyl (C=O) groups is 3. The lowest BCUT2D eigenvalue weighted by atomic mass is 10.1. The van der Waals surface area contributed by atoms with Crippen molar-refractivity contribution in [3.8, 4) is 0 Å². The molecule has 0 spiro atoms. The molecule has 2 atom stereocenters. The second-order valence-electron chi connectivity index (χ2n) is 7.30. The fourth-order valence-corrected chi connectivity index (χ4v) is 2.96. The normalized spacial score (nSPS) is 17.3. The van der Waals surface area contributed by atoms with Crippen LogP contribution in [0.3, 0.4) is 0 Å². The van der Waals surface area contributed by atoms with E-state index >= 15 is 0 Å². The number of anilines is 1. The highest BCUT2D eigenvalue weighted by Gasteiger charge is 2.39. The number of benzene rings is 2. The minimum atomic E-state index is -0.343. The summed E-state index contributed by atoms with van der Waals surface area (Å²) in [6.45, 7) is 2.62. The number of halogens is 1. The van der Waals surface area contributed by atoms with Gasteiger partial charge in [-0.2, -0.15) is 0 Å². The number of carbonyl (C=O) groups excluding carboxylic acids is 3. The van der Waals surface area contributed by atoms with Gasteiger partial charge >= 0.3 is 0 Å². The Balaban J connectivity index is 1.36. The van der Waals surface area contributed by atoms with Crippen molar-refractivity contribution in [3.63, 3.8) is 0 Å². The maximum absolute atomic E-state index is 12.9. The lowest BCUT2D eigenvalue weighted by molar-refractivity contribution is -0.120. The summed E-state index contributed by atoms with van der Waals surface area (Å²) in [5.41, 5.74) is 1.86. The van der Waals surface area contributed by atoms with Crippen molar-refractivity contribution in [2.75, 3.05) is 18.4 Å². The molecule has 2 aromatic rings. The van der Waals surface area contributed by atoms with Gasteiger partial charge in [-0.1, -0.05) is 19.1 Å². The first-order valence-corrected chi connectivity index (χ1v) is 9.62. The molecule has 2 unspecified atom stereocenters. The zero-order valence-electron chi connectivity index (χ0n) is 16.2. The van der Waals surface area contributed by atoms with E-state index in [0.717, 1.165) is 12.0 Å². The summed E-state index contributed by atoms with van der Waals surface area (Å²) in [7, 11) is 0. The van der Waals surface area contributed by atoms with Gasteiger partial charge in [0.15, 0.2) is 0 Å². The Morgan fingerprint density at radius 2 is 1.59 bits per heavy atom. The Hall–Kier alpha value is -3.22. The minimum absolute atomic E-state index is 0.0195. The summed E-state index contributed by atoms with van der Waals surface area (Å²) in [4.78, 5) is 35.9. The predicted molar refractivity (Wildman–Crippen MR) is 108 cm³/mol. The Morgan fingerprint density at radius 1 is 0.966 bits per heavy atom. The van der Waals surface area contributed by atoms with Crippen molar-refractivity contribution in [3.05, 3.63) is 65.5 Å². The second-order valence-corrected chi connectivity index (χ2v) is 7.30. The highest BCUT2D eigenvalue weighted by atomic mass is 19.1. The van der Waals surface area contributed by atoms with Crippen molar-refractivity contribution in [1.29, 1.82) is 0 Å². The molecule has 1 aliphatic rings. The van der Waals surface area contributed by atoms with Crippen LogP contribution >= 0.6 is 0 Å². The first kappa shape index (κ1) is 20.5. The van der Waals surface area contributed by atoms with Crippen LogP contribution in [0.15, 0.2) is 48.5 Å². The third-order valence-corrected chi connectivity index (χ3v) is 4.87. The summed E-state index contributed by atoms with van der Waals surface area (Å²) in [6, 6.07) is 12.4. The monoisotopic (exact) mass is 397 g/mol. The van der Waals surface area contributed by atoms with Gasteiger partial charge in [0.25, 0.3) is 5.91 Å². The average Bonchev–Trinajstić information content (AvgIpc) is 3.44. The molecule has 3 N–H and O–H groups in total. The van der Waals surface area contributed by atoms with Gasteiger partial charge in [0.1, 0.15) is 5.82 Å². The molecule has 1 saturated carbocycles. The topological polar surface area (TPSA) is 87.3 Å². The molecule has 0 aromatic heterocycles. The Labute approximate surface area is 168 Å². The molecule has 0 bridgehead atoms. The maximum atomic E-state index is 12.9. The quantitative estimate of drug-likeness (QED) is 0.598. The molecule has 1 fully saturated rings. The summed E-state index contributed by atoms with van der Waals surface area (Å²) in [5, 5.41) is 8.29. The first-order valence-electron chi connectivity index (χ1n) is 9.62. The average molecular weight is 397 g/mol. The molecule has 6 nitrogen and oxygen atoms in total. The van der Waals surface area contributed by atoms with Crippen molar-refractivity contribution in [1.82, 2.24) is 10.6 Å². The van der Waals surface area contributed by atoms with Gasteiger partial charge in [0.2, 0.25) is 11.8 Å². The smallest absolute Gasteiger partial charge is 0.251 e. The van der Waals surface area contributed by atoms with Gasteiger partial charge in [0, 0.05) is 30.3 Å². The predicted octanol–water partition coefficient (Wildman–Crippen LogP) is 2.51. The van der Waals surface area contributed by atoms with E-state index in [1.54, 1.807) is 36.4 Å². The van der Waals surface area contributed by atoms with E-state index in [1.165, 1.54) is 12.1 Å². The molecule has 2 aromatic carbocycles. The van der Waals surface area contributed by atoms with Crippen molar-refractivity contribution < 1.29 is 18.8 Å². The van der Waals surface area contributed by atoms with Gasteiger partial charge < -0.3 is 16.0 Å². The molecule has 0 radical (unpaired) electrons. The Kier molecular flexibility index (Phi) is 6.59. The highest BCUT2D eigenvalue weighted by molar-refractivity contribution is 5.97. The van der Waals surface area contributed by atoms with Gasteiger partial charge in [-0.15, -0.1) is 0 Å². The first-order chi connectivity index (χ1) is 13.9. The maximum Gasteiger partial charge on any atom is 0.251 e.